The number of hydrogen-bond acceptors (Lipinski definition) is 3. The van der Waals surface area contributed by atoms with Crippen LogP contribution in [-0.2, 0) is 9.53 Å². The first-order chi connectivity index (χ1) is 8.21. The van der Waals surface area contributed by atoms with Crippen LogP contribution in [0.15, 0.2) is 0 Å². The minimum Gasteiger partial charge on any atom is -0.479 e. The van der Waals surface area contributed by atoms with Gasteiger partial charge in [-0.2, -0.15) is 13.2 Å². The van der Waals surface area contributed by atoms with Crippen molar-refractivity contribution in [2.24, 2.45) is 0 Å². The van der Waals surface area contributed by atoms with E-state index in [1.807, 2.05) is 0 Å². The summed E-state index contributed by atoms with van der Waals surface area (Å²) in [7, 11) is 1.12. The van der Waals surface area contributed by atoms with E-state index in [1.165, 1.54) is 6.92 Å². The summed E-state index contributed by atoms with van der Waals surface area (Å²) in [5, 5.41) is 10.7. The molecule has 2 N–H and O–H groups in total. The van der Waals surface area contributed by atoms with Gasteiger partial charge in [0.25, 0.3) is 0 Å². The molecule has 0 radical (unpaired) electrons. The summed E-state index contributed by atoms with van der Waals surface area (Å²) in [5.74, 6) is -1.31. The Balaban J connectivity index is 4.32. The fourth-order valence-corrected chi connectivity index (χ4v) is 1.11. The van der Waals surface area contributed by atoms with Crippen molar-refractivity contribution in [3.63, 3.8) is 0 Å². The first kappa shape index (κ1) is 16.5. The maximum absolute atomic E-state index is 12.1. The second kappa shape index (κ2) is 7.04. The van der Waals surface area contributed by atoms with Gasteiger partial charge in [0.05, 0.1) is 6.54 Å². The van der Waals surface area contributed by atoms with Gasteiger partial charge in [0.15, 0.2) is 6.10 Å². The molecule has 0 rings (SSSR count). The molecule has 0 heterocycles. The van der Waals surface area contributed by atoms with Gasteiger partial charge in [-0.25, -0.2) is 9.59 Å². The molecule has 0 aliphatic heterocycles. The van der Waals surface area contributed by atoms with Gasteiger partial charge in [-0.1, -0.05) is 0 Å². The van der Waals surface area contributed by atoms with Crippen LogP contribution >= 0.6 is 0 Å². The van der Waals surface area contributed by atoms with E-state index in [1.54, 1.807) is 0 Å². The number of halogens is 3. The van der Waals surface area contributed by atoms with Crippen LogP contribution in [-0.4, -0.2) is 61.0 Å². The van der Waals surface area contributed by atoms with Crippen LogP contribution in [0.5, 0.6) is 0 Å². The van der Waals surface area contributed by atoms with Crippen molar-refractivity contribution in [1.29, 1.82) is 0 Å². The Morgan fingerprint density at radius 3 is 2.33 bits per heavy atom. The van der Waals surface area contributed by atoms with Gasteiger partial charge in [-0.3, -0.25) is 0 Å². The molecule has 106 valence electrons. The molecular weight excluding hydrogens is 257 g/mol. The second-order valence-corrected chi connectivity index (χ2v) is 3.38. The van der Waals surface area contributed by atoms with Crippen molar-refractivity contribution < 1.29 is 32.6 Å². The Kier molecular flexibility index (Phi) is 6.45. The molecule has 0 fully saturated rings. The van der Waals surface area contributed by atoms with Crippen molar-refractivity contribution in [1.82, 2.24) is 10.2 Å². The minimum absolute atomic E-state index is 0.143. The molecule has 0 spiro atoms. The van der Waals surface area contributed by atoms with Crippen LogP contribution in [0.1, 0.15) is 6.92 Å². The van der Waals surface area contributed by atoms with E-state index >= 15 is 0 Å². The van der Waals surface area contributed by atoms with Crippen LogP contribution in [0.2, 0.25) is 0 Å². The number of hydrogen-bond donors (Lipinski definition) is 2. The minimum atomic E-state index is -4.50. The van der Waals surface area contributed by atoms with E-state index in [4.69, 9.17) is 5.11 Å². The van der Waals surface area contributed by atoms with E-state index in [-0.39, 0.29) is 6.54 Å². The number of carbonyl (C=O) groups excluding carboxylic acids is 1. The fourth-order valence-electron chi connectivity index (χ4n) is 1.11. The number of nitrogens with one attached hydrogen (secondary N) is 1. The lowest BCUT2D eigenvalue weighted by atomic mass is 10.3. The van der Waals surface area contributed by atoms with Gasteiger partial charge in [0, 0.05) is 13.7 Å². The molecule has 18 heavy (non-hydrogen) atoms. The maximum Gasteiger partial charge on any atom is 0.406 e. The molecule has 9 heteroatoms. The predicted octanol–water partition coefficient (Wildman–Crippen LogP) is 0.680. The standard InChI is InChI=1S/C9H15F3N2O4/c1-3-14(5-9(10,11)12)8(17)13-4-6(18-2)7(15)16/h6H,3-5H2,1-2H3,(H,13,17)(H,15,16). The molecule has 1 atom stereocenters. The molecule has 0 aromatic carbocycles. The average Bonchev–Trinajstić information content (AvgIpc) is 2.24. The molecule has 0 saturated carbocycles. The van der Waals surface area contributed by atoms with Crippen molar-refractivity contribution >= 4 is 12.0 Å². The van der Waals surface area contributed by atoms with Gasteiger partial charge >= 0.3 is 18.2 Å². The van der Waals surface area contributed by atoms with E-state index in [9.17, 15) is 22.8 Å². The van der Waals surface area contributed by atoms with Gasteiger partial charge in [-0.15, -0.1) is 0 Å². The number of rotatable bonds is 6. The largest absolute Gasteiger partial charge is 0.479 e. The summed E-state index contributed by atoms with van der Waals surface area (Å²) >= 11 is 0. The lowest BCUT2D eigenvalue weighted by molar-refractivity contribution is -0.148. The summed E-state index contributed by atoms with van der Waals surface area (Å²) in [6, 6.07) is -0.988. The van der Waals surface area contributed by atoms with Crippen LogP contribution in [0.3, 0.4) is 0 Å². The summed E-state index contributed by atoms with van der Waals surface area (Å²) in [5.41, 5.74) is 0. The van der Waals surface area contributed by atoms with Gasteiger partial charge < -0.3 is 20.1 Å². The number of carboxylic acids is 1. The molecule has 0 aromatic rings. The number of alkyl halides is 3. The van der Waals surface area contributed by atoms with Crippen LogP contribution in [0.25, 0.3) is 0 Å². The zero-order chi connectivity index (χ0) is 14.3. The number of carbonyl (C=O) groups is 2. The highest BCUT2D eigenvalue weighted by atomic mass is 19.4. The number of ether oxygens (including phenoxy) is 1. The van der Waals surface area contributed by atoms with E-state index in [0.29, 0.717) is 4.90 Å². The smallest absolute Gasteiger partial charge is 0.406 e. The van der Waals surface area contributed by atoms with Gasteiger partial charge in [0.1, 0.15) is 6.54 Å². The summed E-state index contributed by atoms with van der Waals surface area (Å²) in [4.78, 5) is 22.4. The van der Waals surface area contributed by atoms with Crippen molar-refractivity contribution in [2.45, 2.75) is 19.2 Å². The third kappa shape index (κ3) is 6.28. The molecule has 0 bridgehead atoms. The average molecular weight is 272 g/mol. The third-order valence-corrected chi connectivity index (χ3v) is 2.04. The lowest BCUT2D eigenvalue weighted by Gasteiger charge is -2.23. The van der Waals surface area contributed by atoms with Crippen LogP contribution in [0.4, 0.5) is 18.0 Å². The van der Waals surface area contributed by atoms with E-state index in [0.717, 1.165) is 7.11 Å². The quantitative estimate of drug-likeness (QED) is 0.745. The Labute approximate surface area is 102 Å². The van der Waals surface area contributed by atoms with Crippen molar-refractivity contribution in [3.05, 3.63) is 0 Å². The number of methoxy groups -OCH3 is 1. The van der Waals surface area contributed by atoms with Crippen molar-refractivity contribution in [3.8, 4) is 0 Å². The zero-order valence-electron chi connectivity index (χ0n) is 9.95. The predicted molar refractivity (Wildman–Crippen MR) is 55.1 cm³/mol. The van der Waals surface area contributed by atoms with Crippen molar-refractivity contribution in [2.75, 3.05) is 26.7 Å². The Morgan fingerprint density at radius 1 is 1.44 bits per heavy atom. The maximum atomic E-state index is 12.1. The van der Waals surface area contributed by atoms with Gasteiger partial charge in [-0.05, 0) is 6.92 Å². The summed E-state index contributed by atoms with van der Waals surface area (Å²) in [6.45, 7) is -0.550. The highest BCUT2D eigenvalue weighted by Crippen LogP contribution is 2.16. The summed E-state index contributed by atoms with van der Waals surface area (Å²) < 4.78 is 40.8. The van der Waals surface area contributed by atoms with E-state index < -0.39 is 37.4 Å². The molecule has 0 saturated heterocycles. The highest BCUT2D eigenvalue weighted by Gasteiger charge is 2.32. The SMILES string of the molecule is CCN(CC(F)(F)F)C(=O)NCC(OC)C(=O)O. The fraction of sp³-hybridized carbons (Fsp3) is 0.778. The van der Waals surface area contributed by atoms with Crippen LogP contribution < -0.4 is 5.32 Å². The molecule has 0 aliphatic rings. The number of carboxylic acid groups (broad SMARTS) is 1. The third-order valence-electron chi connectivity index (χ3n) is 2.04. The first-order valence-corrected chi connectivity index (χ1v) is 5.06. The first-order valence-electron chi connectivity index (χ1n) is 5.06. The van der Waals surface area contributed by atoms with Gasteiger partial charge in [0.2, 0.25) is 0 Å². The Morgan fingerprint density at radius 2 is 2.00 bits per heavy atom. The summed E-state index contributed by atoms with van der Waals surface area (Å²) in [6.07, 6.45) is -5.79. The van der Waals surface area contributed by atoms with E-state index in [2.05, 4.69) is 10.1 Å². The number of amides is 2. The topological polar surface area (TPSA) is 78.9 Å². The molecule has 6 nitrogen and oxygen atoms in total. The molecule has 0 aliphatic carbocycles. The zero-order valence-corrected chi connectivity index (χ0v) is 9.95. The molecule has 1 unspecified atom stereocenters. The Bertz CT molecular complexity index is 296. The normalized spacial score (nSPS) is 12.9. The highest BCUT2D eigenvalue weighted by molar-refractivity contribution is 5.77. The Hall–Kier alpha value is -1.51. The molecule has 0 aromatic heterocycles. The monoisotopic (exact) mass is 272 g/mol. The molecule has 2 amide bonds. The number of aliphatic carboxylic acids is 1. The number of urea groups is 1. The molecular formula is C9H15F3N2O4. The number of nitrogens with zero attached hydrogens (tertiary/aromatic N) is 1. The lowest BCUT2D eigenvalue weighted by Crippen LogP contribution is -2.47. The van der Waals surface area contributed by atoms with Crippen LogP contribution in [0, 0.1) is 0 Å². The second-order valence-electron chi connectivity index (χ2n) is 3.38.